The van der Waals surface area contributed by atoms with Gasteiger partial charge in [0, 0.05) is 12.1 Å². The molecular formula is C15H15NO3. The van der Waals surface area contributed by atoms with E-state index in [2.05, 4.69) is 0 Å². The first-order valence-corrected chi connectivity index (χ1v) is 5.98. The number of non-ortho nitro benzene ring substituents is 1. The van der Waals surface area contributed by atoms with Gasteiger partial charge in [-0.15, -0.1) is 0 Å². The Bertz CT molecular complexity index is 623. The molecule has 19 heavy (non-hydrogen) atoms. The summed E-state index contributed by atoms with van der Waals surface area (Å²) in [5.74, 6) is 0. The number of nitrogens with zero attached hydrogens (tertiary/aromatic N) is 1. The molecular weight excluding hydrogens is 242 g/mol. The van der Waals surface area contributed by atoms with Gasteiger partial charge in [0.2, 0.25) is 0 Å². The fourth-order valence-electron chi connectivity index (χ4n) is 2.04. The number of aryl methyl sites for hydroxylation is 2. The van der Waals surface area contributed by atoms with Crippen molar-refractivity contribution in [2.45, 2.75) is 20.0 Å². The number of hydrogen-bond acceptors (Lipinski definition) is 3. The second-order valence-corrected chi connectivity index (χ2v) is 4.61. The van der Waals surface area contributed by atoms with Crippen molar-refractivity contribution in [3.8, 4) is 0 Å². The highest BCUT2D eigenvalue weighted by molar-refractivity contribution is 5.42. The minimum atomic E-state index is -0.847. The molecule has 4 nitrogen and oxygen atoms in total. The molecule has 0 radical (unpaired) electrons. The standard InChI is InChI=1S/C15H15NO3/c1-10-6-7-11(2)14(8-10)15(17)12-4-3-5-13(9-12)16(18)19/h3-9,15,17H,1-2H3/t15-/m0/s1. The van der Waals surface area contributed by atoms with Gasteiger partial charge in [0.1, 0.15) is 6.10 Å². The molecule has 0 heterocycles. The van der Waals surface area contributed by atoms with Gasteiger partial charge >= 0.3 is 0 Å². The molecule has 0 bridgehead atoms. The van der Waals surface area contributed by atoms with E-state index in [1.165, 1.54) is 12.1 Å². The topological polar surface area (TPSA) is 63.4 Å². The van der Waals surface area contributed by atoms with Crippen LogP contribution in [0, 0.1) is 24.0 Å². The van der Waals surface area contributed by atoms with Crippen molar-refractivity contribution in [2.75, 3.05) is 0 Å². The summed E-state index contributed by atoms with van der Waals surface area (Å²) in [7, 11) is 0. The second kappa shape index (κ2) is 5.20. The second-order valence-electron chi connectivity index (χ2n) is 4.61. The van der Waals surface area contributed by atoms with Crippen molar-refractivity contribution in [3.63, 3.8) is 0 Å². The predicted molar refractivity (Wildman–Crippen MR) is 73.1 cm³/mol. The molecule has 0 aliphatic rings. The van der Waals surface area contributed by atoms with Crippen molar-refractivity contribution in [2.24, 2.45) is 0 Å². The Balaban J connectivity index is 2.43. The summed E-state index contributed by atoms with van der Waals surface area (Å²) < 4.78 is 0. The van der Waals surface area contributed by atoms with E-state index in [0.29, 0.717) is 5.56 Å². The van der Waals surface area contributed by atoms with Gasteiger partial charge in [-0.1, -0.05) is 35.9 Å². The maximum absolute atomic E-state index is 10.8. The molecule has 2 aromatic rings. The lowest BCUT2D eigenvalue weighted by atomic mass is 9.95. The molecule has 2 aromatic carbocycles. The minimum Gasteiger partial charge on any atom is -0.384 e. The summed E-state index contributed by atoms with van der Waals surface area (Å²) in [5, 5.41) is 21.1. The summed E-state index contributed by atoms with van der Waals surface area (Å²) in [4.78, 5) is 10.3. The van der Waals surface area contributed by atoms with Gasteiger partial charge in [0.25, 0.3) is 5.69 Å². The van der Waals surface area contributed by atoms with Crippen molar-refractivity contribution in [3.05, 3.63) is 74.8 Å². The highest BCUT2D eigenvalue weighted by atomic mass is 16.6. The number of benzene rings is 2. The minimum absolute atomic E-state index is 0.0122. The Morgan fingerprint density at radius 1 is 1.16 bits per heavy atom. The number of nitro benzene ring substituents is 1. The molecule has 0 unspecified atom stereocenters. The fraction of sp³-hybridized carbons (Fsp3) is 0.200. The first kappa shape index (κ1) is 13.2. The van der Waals surface area contributed by atoms with E-state index in [9.17, 15) is 15.2 Å². The Hall–Kier alpha value is -2.20. The van der Waals surface area contributed by atoms with E-state index >= 15 is 0 Å². The van der Waals surface area contributed by atoms with Crippen LogP contribution in [0.2, 0.25) is 0 Å². The molecule has 1 atom stereocenters. The molecule has 0 spiro atoms. The van der Waals surface area contributed by atoms with E-state index in [-0.39, 0.29) is 5.69 Å². The highest BCUT2D eigenvalue weighted by Crippen LogP contribution is 2.27. The monoisotopic (exact) mass is 257 g/mol. The fourth-order valence-corrected chi connectivity index (χ4v) is 2.04. The van der Waals surface area contributed by atoms with Gasteiger partial charge in [0.15, 0.2) is 0 Å². The lowest BCUT2D eigenvalue weighted by Crippen LogP contribution is -2.03. The molecule has 0 aliphatic carbocycles. The molecule has 2 rings (SSSR count). The molecule has 0 saturated carbocycles. The normalized spacial score (nSPS) is 12.2. The van der Waals surface area contributed by atoms with Crippen LogP contribution in [0.15, 0.2) is 42.5 Å². The van der Waals surface area contributed by atoms with Crippen molar-refractivity contribution in [1.82, 2.24) is 0 Å². The zero-order valence-corrected chi connectivity index (χ0v) is 10.8. The first-order chi connectivity index (χ1) is 8.99. The molecule has 0 fully saturated rings. The van der Waals surface area contributed by atoms with Crippen LogP contribution in [0.3, 0.4) is 0 Å². The van der Waals surface area contributed by atoms with E-state index in [1.54, 1.807) is 12.1 Å². The number of nitro groups is 1. The third kappa shape index (κ3) is 2.80. The highest BCUT2D eigenvalue weighted by Gasteiger charge is 2.16. The average Bonchev–Trinajstić information content (AvgIpc) is 2.41. The number of aliphatic hydroxyl groups is 1. The largest absolute Gasteiger partial charge is 0.384 e. The van der Waals surface area contributed by atoms with E-state index < -0.39 is 11.0 Å². The predicted octanol–water partition coefficient (Wildman–Crippen LogP) is 3.29. The van der Waals surface area contributed by atoms with Crippen molar-refractivity contribution >= 4 is 5.69 Å². The zero-order chi connectivity index (χ0) is 14.0. The van der Waals surface area contributed by atoms with Gasteiger partial charge < -0.3 is 5.11 Å². The van der Waals surface area contributed by atoms with Crippen LogP contribution in [-0.2, 0) is 0 Å². The van der Waals surface area contributed by atoms with Gasteiger partial charge in [0.05, 0.1) is 4.92 Å². The van der Waals surface area contributed by atoms with Crippen LogP contribution in [0.1, 0.15) is 28.4 Å². The third-order valence-corrected chi connectivity index (χ3v) is 3.13. The maximum Gasteiger partial charge on any atom is 0.269 e. The van der Waals surface area contributed by atoms with Crippen LogP contribution in [0.5, 0.6) is 0 Å². The van der Waals surface area contributed by atoms with E-state index in [0.717, 1.165) is 16.7 Å². The number of rotatable bonds is 3. The Morgan fingerprint density at radius 3 is 2.58 bits per heavy atom. The zero-order valence-electron chi connectivity index (χ0n) is 10.8. The third-order valence-electron chi connectivity index (χ3n) is 3.13. The summed E-state index contributed by atoms with van der Waals surface area (Å²) in [6.07, 6.45) is -0.847. The van der Waals surface area contributed by atoms with Crippen LogP contribution in [-0.4, -0.2) is 10.0 Å². The summed E-state index contributed by atoms with van der Waals surface area (Å²) in [5.41, 5.74) is 3.31. The van der Waals surface area contributed by atoms with E-state index in [4.69, 9.17) is 0 Å². The Kier molecular flexibility index (Phi) is 3.62. The smallest absolute Gasteiger partial charge is 0.269 e. The van der Waals surface area contributed by atoms with Crippen molar-refractivity contribution < 1.29 is 10.0 Å². The van der Waals surface area contributed by atoms with Crippen molar-refractivity contribution in [1.29, 1.82) is 0 Å². The summed E-state index contributed by atoms with van der Waals surface area (Å²) in [6.45, 7) is 3.86. The lowest BCUT2D eigenvalue weighted by molar-refractivity contribution is -0.385. The molecule has 0 aliphatic heterocycles. The lowest BCUT2D eigenvalue weighted by Gasteiger charge is -2.14. The first-order valence-electron chi connectivity index (χ1n) is 5.98. The molecule has 0 aromatic heterocycles. The number of aliphatic hydroxyl groups excluding tert-OH is 1. The Labute approximate surface area is 111 Å². The quantitative estimate of drug-likeness (QED) is 0.677. The average molecular weight is 257 g/mol. The van der Waals surface area contributed by atoms with Gasteiger partial charge in [-0.05, 0) is 30.5 Å². The number of hydrogen-bond donors (Lipinski definition) is 1. The SMILES string of the molecule is Cc1ccc(C)c([C@@H](O)c2cccc([N+](=O)[O-])c2)c1. The summed E-state index contributed by atoms with van der Waals surface area (Å²) in [6, 6.07) is 11.9. The maximum atomic E-state index is 10.8. The van der Waals surface area contributed by atoms with Gasteiger partial charge in [-0.3, -0.25) is 10.1 Å². The molecule has 0 saturated heterocycles. The van der Waals surface area contributed by atoms with Crippen LogP contribution in [0.4, 0.5) is 5.69 Å². The van der Waals surface area contributed by atoms with Gasteiger partial charge in [-0.25, -0.2) is 0 Å². The molecule has 1 N–H and O–H groups in total. The molecule has 0 amide bonds. The molecule has 4 heteroatoms. The van der Waals surface area contributed by atoms with Crippen LogP contribution >= 0.6 is 0 Å². The van der Waals surface area contributed by atoms with Crippen LogP contribution < -0.4 is 0 Å². The van der Waals surface area contributed by atoms with Gasteiger partial charge in [-0.2, -0.15) is 0 Å². The summed E-state index contributed by atoms with van der Waals surface area (Å²) >= 11 is 0. The Morgan fingerprint density at radius 2 is 1.89 bits per heavy atom. The van der Waals surface area contributed by atoms with Crippen LogP contribution in [0.25, 0.3) is 0 Å². The molecule has 98 valence electrons. The van der Waals surface area contributed by atoms with E-state index in [1.807, 2.05) is 32.0 Å².